The van der Waals surface area contributed by atoms with Gasteiger partial charge in [0, 0.05) is 20.0 Å². The van der Waals surface area contributed by atoms with Crippen LogP contribution in [-0.2, 0) is 4.79 Å². The lowest BCUT2D eigenvalue weighted by Gasteiger charge is -2.30. The zero-order valence-corrected chi connectivity index (χ0v) is 11.7. The minimum Gasteiger partial charge on any atom is -0.388 e. The monoisotopic (exact) mass is 253 g/mol. The second kappa shape index (κ2) is 6.05. The van der Waals surface area contributed by atoms with E-state index in [0.717, 1.165) is 25.7 Å². The highest BCUT2D eigenvalue weighted by Crippen LogP contribution is 2.31. The predicted octanol–water partition coefficient (Wildman–Crippen LogP) is 2.72. The van der Waals surface area contributed by atoms with E-state index in [1.165, 1.54) is 32.1 Å². The van der Waals surface area contributed by atoms with Crippen LogP contribution >= 0.6 is 0 Å². The van der Waals surface area contributed by atoms with E-state index in [1.807, 2.05) is 7.05 Å². The molecule has 2 saturated carbocycles. The molecule has 3 nitrogen and oxygen atoms in total. The maximum atomic E-state index is 12.2. The lowest BCUT2D eigenvalue weighted by Crippen LogP contribution is -2.42. The number of nitrogens with zero attached hydrogens (tertiary/aromatic N) is 1. The van der Waals surface area contributed by atoms with Gasteiger partial charge in [-0.05, 0) is 31.6 Å². The molecule has 0 spiro atoms. The summed E-state index contributed by atoms with van der Waals surface area (Å²) in [5.74, 6) is 0.814. The average Bonchev–Trinajstić information content (AvgIpc) is 2.77. The van der Waals surface area contributed by atoms with Crippen LogP contribution in [0, 0.1) is 5.92 Å². The van der Waals surface area contributed by atoms with Crippen LogP contribution < -0.4 is 0 Å². The number of rotatable bonds is 4. The van der Waals surface area contributed by atoms with E-state index in [2.05, 4.69) is 0 Å². The smallest absolute Gasteiger partial charge is 0.222 e. The summed E-state index contributed by atoms with van der Waals surface area (Å²) in [6, 6.07) is 0. The Hall–Kier alpha value is -0.570. The fourth-order valence-electron chi connectivity index (χ4n) is 3.51. The van der Waals surface area contributed by atoms with Crippen molar-refractivity contribution in [2.24, 2.45) is 5.92 Å². The molecule has 0 aliphatic heterocycles. The molecule has 1 N–H and O–H groups in total. The van der Waals surface area contributed by atoms with E-state index in [9.17, 15) is 9.90 Å². The maximum Gasteiger partial charge on any atom is 0.222 e. The van der Waals surface area contributed by atoms with Crippen LogP contribution in [0.5, 0.6) is 0 Å². The van der Waals surface area contributed by atoms with Gasteiger partial charge in [0.1, 0.15) is 0 Å². The van der Waals surface area contributed by atoms with Gasteiger partial charge in [0.2, 0.25) is 5.91 Å². The molecule has 2 rings (SSSR count). The van der Waals surface area contributed by atoms with Crippen LogP contribution in [0.25, 0.3) is 0 Å². The number of carbonyl (C=O) groups excluding carboxylic acids is 1. The summed E-state index contributed by atoms with van der Waals surface area (Å²) in [5, 5.41) is 10.3. The Bertz CT molecular complexity index is 278. The van der Waals surface area contributed by atoms with E-state index in [1.54, 1.807) is 4.90 Å². The molecule has 0 aromatic carbocycles. The second-order valence-electron chi connectivity index (χ2n) is 6.39. The van der Waals surface area contributed by atoms with Crippen molar-refractivity contribution in [1.29, 1.82) is 0 Å². The third-order valence-corrected chi connectivity index (χ3v) is 4.68. The molecule has 104 valence electrons. The normalized spacial score (nSPS) is 24.1. The number of hydrogen-bond acceptors (Lipinski definition) is 2. The van der Waals surface area contributed by atoms with Gasteiger partial charge < -0.3 is 10.0 Å². The minimum atomic E-state index is -0.600. The summed E-state index contributed by atoms with van der Waals surface area (Å²) in [6.07, 6.45) is 10.9. The van der Waals surface area contributed by atoms with Crippen molar-refractivity contribution >= 4 is 5.91 Å². The molecule has 2 aliphatic rings. The molecular weight excluding hydrogens is 226 g/mol. The molecule has 0 radical (unpaired) electrons. The second-order valence-corrected chi connectivity index (χ2v) is 6.39. The molecule has 0 aromatic rings. The number of likely N-dealkylation sites (N-methyl/N-ethyl adjacent to an activating group) is 1. The van der Waals surface area contributed by atoms with Gasteiger partial charge in [-0.2, -0.15) is 0 Å². The zero-order chi connectivity index (χ0) is 13.0. The van der Waals surface area contributed by atoms with Gasteiger partial charge in [0.05, 0.1) is 5.60 Å². The number of carbonyl (C=O) groups is 1. The Balaban J connectivity index is 1.77. The number of amides is 1. The molecule has 0 unspecified atom stereocenters. The molecule has 2 aliphatic carbocycles. The van der Waals surface area contributed by atoms with Crippen LogP contribution in [0.4, 0.5) is 0 Å². The van der Waals surface area contributed by atoms with Crippen molar-refractivity contribution in [3.63, 3.8) is 0 Å². The Morgan fingerprint density at radius 3 is 2.39 bits per heavy atom. The standard InChI is InChI=1S/C15H27NO2/c1-16(12-15(18)9-5-6-10-15)14(17)11-13-7-3-2-4-8-13/h13,18H,2-12H2,1H3. The van der Waals surface area contributed by atoms with Crippen molar-refractivity contribution in [3.05, 3.63) is 0 Å². The number of aliphatic hydroxyl groups is 1. The van der Waals surface area contributed by atoms with E-state index in [-0.39, 0.29) is 5.91 Å². The van der Waals surface area contributed by atoms with Crippen molar-refractivity contribution < 1.29 is 9.90 Å². The molecule has 0 heterocycles. The van der Waals surface area contributed by atoms with E-state index in [0.29, 0.717) is 18.9 Å². The van der Waals surface area contributed by atoms with Crippen LogP contribution in [0.2, 0.25) is 0 Å². The van der Waals surface area contributed by atoms with Gasteiger partial charge in [0.15, 0.2) is 0 Å². The lowest BCUT2D eigenvalue weighted by molar-refractivity contribution is -0.134. The van der Waals surface area contributed by atoms with Gasteiger partial charge >= 0.3 is 0 Å². The molecule has 0 aromatic heterocycles. The summed E-state index contributed by atoms with van der Waals surface area (Å²) in [5.41, 5.74) is -0.600. The molecule has 0 saturated heterocycles. The van der Waals surface area contributed by atoms with Gasteiger partial charge in [-0.3, -0.25) is 4.79 Å². The average molecular weight is 253 g/mol. The summed E-state index contributed by atoms with van der Waals surface area (Å²) in [6.45, 7) is 0.526. The van der Waals surface area contributed by atoms with Gasteiger partial charge in [-0.1, -0.05) is 32.1 Å². The quantitative estimate of drug-likeness (QED) is 0.837. The highest BCUT2D eigenvalue weighted by Gasteiger charge is 2.33. The first kappa shape index (κ1) is 13.9. The first-order valence-corrected chi connectivity index (χ1v) is 7.55. The zero-order valence-electron chi connectivity index (χ0n) is 11.7. The van der Waals surface area contributed by atoms with Gasteiger partial charge in [-0.25, -0.2) is 0 Å². The van der Waals surface area contributed by atoms with Crippen LogP contribution in [-0.4, -0.2) is 35.1 Å². The van der Waals surface area contributed by atoms with E-state index < -0.39 is 5.60 Å². The SMILES string of the molecule is CN(CC1(O)CCCC1)C(=O)CC1CCCCC1. The largest absolute Gasteiger partial charge is 0.388 e. The van der Waals surface area contributed by atoms with Gasteiger partial charge in [0.25, 0.3) is 0 Å². The molecule has 2 fully saturated rings. The first-order chi connectivity index (χ1) is 8.59. The van der Waals surface area contributed by atoms with E-state index >= 15 is 0 Å². The van der Waals surface area contributed by atoms with Crippen molar-refractivity contribution in [2.75, 3.05) is 13.6 Å². The fraction of sp³-hybridized carbons (Fsp3) is 0.933. The Morgan fingerprint density at radius 2 is 1.78 bits per heavy atom. The molecule has 18 heavy (non-hydrogen) atoms. The Kier molecular flexibility index (Phi) is 4.66. The van der Waals surface area contributed by atoms with Crippen LogP contribution in [0.3, 0.4) is 0 Å². The number of hydrogen-bond donors (Lipinski definition) is 1. The van der Waals surface area contributed by atoms with Gasteiger partial charge in [-0.15, -0.1) is 0 Å². The first-order valence-electron chi connectivity index (χ1n) is 7.55. The molecule has 0 bridgehead atoms. The van der Waals surface area contributed by atoms with Crippen LogP contribution in [0.1, 0.15) is 64.2 Å². The lowest BCUT2D eigenvalue weighted by atomic mass is 9.86. The molecule has 1 amide bonds. The minimum absolute atomic E-state index is 0.224. The highest BCUT2D eigenvalue weighted by atomic mass is 16.3. The highest BCUT2D eigenvalue weighted by molar-refractivity contribution is 5.76. The van der Waals surface area contributed by atoms with Crippen molar-refractivity contribution in [3.8, 4) is 0 Å². The Labute approximate surface area is 111 Å². The summed E-state index contributed by atoms with van der Waals surface area (Å²) in [7, 11) is 1.85. The summed E-state index contributed by atoms with van der Waals surface area (Å²) < 4.78 is 0. The maximum absolute atomic E-state index is 12.2. The van der Waals surface area contributed by atoms with Crippen molar-refractivity contribution in [2.45, 2.75) is 69.8 Å². The third kappa shape index (κ3) is 3.71. The fourth-order valence-corrected chi connectivity index (χ4v) is 3.51. The van der Waals surface area contributed by atoms with Crippen LogP contribution in [0.15, 0.2) is 0 Å². The summed E-state index contributed by atoms with van der Waals surface area (Å²) >= 11 is 0. The topological polar surface area (TPSA) is 40.5 Å². The molecule has 0 atom stereocenters. The van der Waals surface area contributed by atoms with E-state index in [4.69, 9.17) is 0 Å². The predicted molar refractivity (Wildman–Crippen MR) is 72.2 cm³/mol. The third-order valence-electron chi connectivity index (χ3n) is 4.68. The molecular formula is C15H27NO2. The Morgan fingerprint density at radius 1 is 1.17 bits per heavy atom. The molecule has 3 heteroatoms. The van der Waals surface area contributed by atoms with Crippen molar-refractivity contribution in [1.82, 2.24) is 4.90 Å². The summed E-state index contributed by atoms with van der Waals surface area (Å²) in [4.78, 5) is 13.9.